The number of aromatic nitrogens is 2. The van der Waals surface area contributed by atoms with Crippen molar-refractivity contribution in [3.63, 3.8) is 0 Å². The molecule has 0 aliphatic heterocycles. The van der Waals surface area contributed by atoms with Crippen molar-refractivity contribution in [2.24, 2.45) is 0 Å². The quantitative estimate of drug-likeness (QED) is 0.0351. The lowest BCUT2D eigenvalue weighted by Gasteiger charge is -2.08. The van der Waals surface area contributed by atoms with Crippen LogP contribution in [0.25, 0.3) is 11.3 Å². The monoisotopic (exact) mass is 624 g/mol. The first-order chi connectivity index (χ1) is 21.6. The van der Waals surface area contributed by atoms with Crippen LogP contribution in [0.5, 0.6) is 0 Å². The van der Waals surface area contributed by atoms with E-state index in [1.807, 2.05) is 36.6 Å². The Kier molecular flexibility index (Phi) is 10.5. The normalized spacial score (nSPS) is 10.7. The molecule has 0 aliphatic carbocycles. The van der Waals surface area contributed by atoms with E-state index >= 15 is 0 Å². The van der Waals surface area contributed by atoms with Crippen molar-refractivity contribution >= 4 is 57.5 Å². The number of nitro groups is 2. The number of carbonyl (C=O) groups excluding carboxylic acids is 1. The maximum Gasteiger partial charge on any atom is 0.269 e. The highest BCUT2D eigenvalue weighted by atomic mass is 32.2. The second-order valence-electron chi connectivity index (χ2n) is 9.35. The minimum absolute atomic E-state index is 0.0457. The van der Waals surface area contributed by atoms with E-state index in [9.17, 15) is 25.0 Å². The van der Waals surface area contributed by atoms with E-state index in [0.29, 0.717) is 27.8 Å². The zero-order valence-electron chi connectivity index (χ0n) is 23.8. The van der Waals surface area contributed by atoms with Gasteiger partial charge in [-0.1, -0.05) is 0 Å². The number of nitrogens with two attached hydrogens (primary N) is 2. The number of thioether (sulfide) groups is 1. The third kappa shape index (κ3) is 9.17. The molecule has 0 spiro atoms. The second kappa shape index (κ2) is 14.8. The Morgan fingerprint density at radius 1 is 0.800 bits per heavy atom. The number of nitrogens with one attached hydrogen (secondary N) is 3. The molecule has 13 nitrogen and oxygen atoms in total. The Balaban J connectivity index is 0.000000205. The van der Waals surface area contributed by atoms with Gasteiger partial charge in [-0.3, -0.25) is 30.1 Å². The lowest BCUT2D eigenvalue weighted by Crippen LogP contribution is -2.02. The van der Waals surface area contributed by atoms with Crippen LogP contribution in [0.2, 0.25) is 0 Å². The third-order valence-corrected chi connectivity index (χ3v) is 6.83. The number of allylic oxidation sites excluding steroid dienone is 1. The van der Waals surface area contributed by atoms with Crippen LogP contribution in [-0.2, 0) is 0 Å². The minimum atomic E-state index is -0.500. The molecule has 1 aromatic heterocycles. The van der Waals surface area contributed by atoms with Crippen LogP contribution in [-0.4, -0.2) is 32.1 Å². The number of hydrogen-bond donors (Lipinski definition) is 5. The van der Waals surface area contributed by atoms with Crippen LogP contribution < -0.4 is 22.1 Å². The first-order valence-corrected chi connectivity index (χ1v) is 14.4. The van der Waals surface area contributed by atoms with Gasteiger partial charge >= 0.3 is 0 Å². The summed E-state index contributed by atoms with van der Waals surface area (Å²) in [5.74, 6) is 0.422. The highest BCUT2D eigenvalue weighted by molar-refractivity contribution is 8.02. The molecular weight excluding hydrogens is 596 g/mol. The molecule has 0 radical (unpaired) electrons. The first-order valence-electron chi connectivity index (χ1n) is 13.2. The highest BCUT2D eigenvalue weighted by Gasteiger charge is 2.10. The summed E-state index contributed by atoms with van der Waals surface area (Å²) in [4.78, 5) is 32.6. The Morgan fingerprint density at radius 2 is 1.31 bits per heavy atom. The predicted octanol–water partition coefficient (Wildman–Crippen LogP) is 6.99. The number of nitro benzene ring substituents is 2. The summed E-state index contributed by atoms with van der Waals surface area (Å²) in [7, 11) is 0. The average Bonchev–Trinajstić information content (AvgIpc) is 3.51. The lowest BCUT2D eigenvalue weighted by atomic mass is 10.1. The number of hydrogen-bond acceptors (Lipinski definition) is 11. The lowest BCUT2D eigenvalue weighted by molar-refractivity contribution is -0.385. The van der Waals surface area contributed by atoms with Gasteiger partial charge < -0.3 is 22.1 Å². The summed E-state index contributed by atoms with van der Waals surface area (Å²) >= 11 is 1.39. The van der Waals surface area contributed by atoms with Gasteiger partial charge in [-0.05, 0) is 79.1 Å². The van der Waals surface area contributed by atoms with Gasteiger partial charge in [0, 0.05) is 70.3 Å². The molecule has 0 saturated carbocycles. The third-order valence-electron chi connectivity index (χ3n) is 6.17. The summed E-state index contributed by atoms with van der Waals surface area (Å²) in [5.41, 5.74) is 16.3. The number of benzene rings is 4. The molecule has 0 amide bonds. The fourth-order valence-electron chi connectivity index (χ4n) is 3.82. The Bertz CT molecular complexity index is 1810. The number of nitrogen functional groups attached to an aromatic ring is 2. The van der Waals surface area contributed by atoms with Crippen molar-refractivity contribution in [2.75, 3.05) is 28.4 Å². The molecule has 7 N–H and O–H groups in total. The van der Waals surface area contributed by atoms with Gasteiger partial charge in [-0.2, -0.15) is 5.10 Å². The predicted molar refractivity (Wildman–Crippen MR) is 178 cm³/mol. The number of carbonyl (C=O) groups is 1. The van der Waals surface area contributed by atoms with E-state index in [2.05, 4.69) is 20.8 Å². The molecule has 228 valence electrons. The molecule has 45 heavy (non-hydrogen) atoms. The zero-order valence-corrected chi connectivity index (χ0v) is 24.7. The molecule has 0 saturated heterocycles. The highest BCUT2D eigenvalue weighted by Crippen LogP contribution is 2.25. The summed E-state index contributed by atoms with van der Waals surface area (Å²) in [6.45, 7) is 0. The van der Waals surface area contributed by atoms with Crippen molar-refractivity contribution in [3.05, 3.63) is 140 Å². The molecule has 14 heteroatoms. The van der Waals surface area contributed by atoms with Crippen LogP contribution in [0.1, 0.15) is 10.4 Å². The molecule has 0 fully saturated rings. The standard InChI is InChI=1S/C16H15N3O3S.C15H13N5O2/c1-23-16(18-13-6-4-12(17)5-7-13)10-15(20)11-2-8-14(9-3-11)19(21)22;16-11-3-5-12(6-4-11)17-15-9-14(18-19-15)10-1-7-13(8-2-10)20(21)22/h2-10,18H,17H2,1H3;1-9H,16H2,(H2,17,18,19)/b16-10-;. The average molecular weight is 625 g/mol. The topological polar surface area (TPSA) is 208 Å². The number of ketones is 1. The van der Waals surface area contributed by atoms with Gasteiger partial charge in [0.1, 0.15) is 0 Å². The van der Waals surface area contributed by atoms with E-state index in [0.717, 1.165) is 22.6 Å². The van der Waals surface area contributed by atoms with Crippen molar-refractivity contribution in [3.8, 4) is 11.3 Å². The minimum Gasteiger partial charge on any atom is -0.399 e. The Hall–Kier alpha value is -6.15. The molecule has 4 aromatic carbocycles. The molecule has 1 heterocycles. The summed E-state index contributed by atoms with van der Waals surface area (Å²) in [5, 5.41) is 35.3. The van der Waals surface area contributed by atoms with Gasteiger partial charge in [-0.15, -0.1) is 11.8 Å². The molecule has 0 unspecified atom stereocenters. The van der Waals surface area contributed by atoms with Crippen LogP contribution >= 0.6 is 11.8 Å². The second-order valence-corrected chi connectivity index (χ2v) is 10.2. The maximum absolute atomic E-state index is 12.2. The number of aromatic amines is 1. The van der Waals surface area contributed by atoms with Crippen LogP contribution in [0.4, 0.5) is 39.9 Å². The van der Waals surface area contributed by atoms with Crippen LogP contribution in [0.3, 0.4) is 0 Å². The van der Waals surface area contributed by atoms with Gasteiger partial charge in [0.05, 0.1) is 20.6 Å². The van der Waals surface area contributed by atoms with Crippen LogP contribution in [0.15, 0.2) is 114 Å². The van der Waals surface area contributed by atoms with Crippen molar-refractivity contribution < 1.29 is 14.6 Å². The number of non-ortho nitro benzene ring substituents is 2. The van der Waals surface area contributed by atoms with Crippen molar-refractivity contribution in [1.29, 1.82) is 0 Å². The van der Waals surface area contributed by atoms with E-state index in [4.69, 9.17) is 11.5 Å². The smallest absolute Gasteiger partial charge is 0.269 e. The molecule has 0 aliphatic rings. The SMILES string of the molecule is CS/C(=C\C(=O)c1ccc([N+](=O)[O-])cc1)Nc1ccc(N)cc1.Nc1ccc(Nc2cc(-c3ccc([N+](=O)[O-])cc3)[nH]n2)cc1. The zero-order chi connectivity index (χ0) is 32.3. The molecule has 5 rings (SSSR count). The van der Waals surface area contributed by atoms with Crippen LogP contribution in [0, 0.1) is 20.2 Å². The summed E-state index contributed by atoms with van der Waals surface area (Å²) in [6.07, 6.45) is 3.31. The molecule has 0 bridgehead atoms. The Labute approximate surface area is 261 Å². The largest absolute Gasteiger partial charge is 0.399 e. The summed E-state index contributed by atoms with van der Waals surface area (Å²) < 4.78 is 0. The molecular formula is C31H28N8O5S. The van der Waals surface area contributed by atoms with Crippen molar-refractivity contribution in [1.82, 2.24) is 10.2 Å². The number of nitrogens with zero attached hydrogens (tertiary/aromatic N) is 3. The van der Waals surface area contributed by atoms with Gasteiger partial charge in [0.2, 0.25) is 0 Å². The van der Waals surface area contributed by atoms with Gasteiger partial charge in [0.25, 0.3) is 11.4 Å². The van der Waals surface area contributed by atoms with E-state index in [-0.39, 0.29) is 17.2 Å². The van der Waals surface area contributed by atoms with Gasteiger partial charge in [0.15, 0.2) is 11.6 Å². The number of rotatable bonds is 10. The molecule has 0 atom stereocenters. The van der Waals surface area contributed by atoms with E-state index < -0.39 is 9.85 Å². The fraction of sp³-hybridized carbons (Fsp3) is 0.0323. The van der Waals surface area contributed by atoms with Crippen molar-refractivity contribution in [2.45, 2.75) is 0 Å². The van der Waals surface area contributed by atoms with E-state index in [1.54, 1.807) is 36.4 Å². The number of H-pyrrole nitrogens is 1. The van der Waals surface area contributed by atoms with Gasteiger partial charge in [-0.25, -0.2) is 0 Å². The first kappa shape index (κ1) is 31.8. The maximum atomic E-state index is 12.2. The molecule has 5 aromatic rings. The number of anilines is 5. The summed E-state index contributed by atoms with van der Waals surface area (Å²) in [6, 6.07) is 28.1. The Morgan fingerprint density at radius 3 is 1.82 bits per heavy atom. The fourth-order valence-corrected chi connectivity index (χ4v) is 4.26. The van der Waals surface area contributed by atoms with E-state index in [1.165, 1.54) is 54.2 Å².